The molecule has 0 radical (unpaired) electrons. The Morgan fingerprint density at radius 2 is 1.91 bits per heavy atom. The van der Waals surface area contributed by atoms with Gasteiger partial charge in [-0.05, 0) is 30.3 Å². The first kappa shape index (κ1) is 24.4. The molecule has 0 atom stereocenters. The first-order valence-corrected chi connectivity index (χ1v) is 10.3. The Kier molecular flexibility index (Phi) is 8.31. The monoisotopic (exact) mass is 481 g/mol. The van der Waals surface area contributed by atoms with E-state index in [4.69, 9.17) is 21.5 Å². The molecule has 174 valence electrons. The van der Waals surface area contributed by atoms with Gasteiger partial charge in [0.05, 0.1) is 42.0 Å². The van der Waals surface area contributed by atoms with E-state index in [0.717, 1.165) is 0 Å². The van der Waals surface area contributed by atoms with Gasteiger partial charge in [0, 0.05) is 12.5 Å². The summed E-state index contributed by atoms with van der Waals surface area (Å²) in [5.41, 5.74) is 4.02. The van der Waals surface area contributed by atoms with Crippen LogP contribution < -0.4 is 21.4 Å². The molecule has 2 aromatic carbocycles. The van der Waals surface area contributed by atoms with E-state index in [1.807, 2.05) is 6.07 Å². The van der Waals surface area contributed by atoms with Crippen LogP contribution in [0.2, 0.25) is 5.02 Å². The number of halogens is 1. The molecule has 1 aromatic heterocycles. The van der Waals surface area contributed by atoms with Crippen LogP contribution in [0.3, 0.4) is 0 Å². The highest BCUT2D eigenvalue weighted by molar-refractivity contribution is 6.33. The molecule has 0 spiro atoms. The van der Waals surface area contributed by atoms with Crippen molar-refractivity contribution in [3.05, 3.63) is 64.8 Å². The van der Waals surface area contributed by atoms with Gasteiger partial charge >= 0.3 is 0 Å². The molecule has 0 bridgehead atoms. The van der Waals surface area contributed by atoms with E-state index < -0.39 is 5.91 Å². The van der Waals surface area contributed by atoms with Crippen LogP contribution in [0.25, 0.3) is 0 Å². The van der Waals surface area contributed by atoms with E-state index in [1.165, 1.54) is 31.3 Å². The highest BCUT2D eigenvalue weighted by Gasteiger charge is 2.13. The van der Waals surface area contributed by atoms with Crippen molar-refractivity contribution in [1.29, 1.82) is 5.26 Å². The number of para-hydroxylation sites is 2. The van der Waals surface area contributed by atoms with Crippen molar-refractivity contribution < 1.29 is 19.5 Å². The van der Waals surface area contributed by atoms with Gasteiger partial charge in [-0.15, -0.1) is 0 Å². The Balaban J connectivity index is 1.85. The number of amides is 2. The minimum absolute atomic E-state index is 0.0629. The third-order valence-electron chi connectivity index (χ3n) is 4.24. The molecule has 0 aliphatic carbocycles. The third-order valence-corrected chi connectivity index (χ3v) is 4.52. The summed E-state index contributed by atoms with van der Waals surface area (Å²) in [6.07, 6.45) is 1.37. The van der Waals surface area contributed by atoms with E-state index in [1.54, 1.807) is 24.3 Å². The van der Waals surface area contributed by atoms with Crippen molar-refractivity contribution in [3.8, 4) is 6.07 Å². The zero-order chi connectivity index (χ0) is 24.5. The maximum atomic E-state index is 12.2. The number of hydrogen-bond acceptors (Lipinski definition) is 9. The van der Waals surface area contributed by atoms with Crippen molar-refractivity contribution in [1.82, 2.24) is 15.4 Å². The fourth-order valence-electron chi connectivity index (χ4n) is 2.76. The van der Waals surface area contributed by atoms with Crippen molar-refractivity contribution >= 4 is 52.2 Å². The lowest BCUT2D eigenvalue weighted by molar-refractivity contribution is -0.114. The van der Waals surface area contributed by atoms with Gasteiger partial charge in [0.15, 0.2) is 5.82 Å². The largest absolute Gasteiger partial charge is 0.394 e. The summed E-state index contributed by atoms with van der Waals surface area (Å²) in [5, 5.41) is 27.1. The number of hydroxylamine groups is 1. The lowest BCUT2D eigenvalue weighted by atomic mass is 10.1. The summed E-state index contributed by atoms with van der Waals surface area (Å²) in [6, 6.07) is 13.4. The van der Waals surface area contributed by atoms with Crippen LogP contribution in [0.1, 0.15) is 22.8 Å². The molecule has 0 aliphatic heterocycles. The van der Waals surface area contributed by atoms with Gasteiger partial charge in [-0.25, -0.2) is 10.5 Å². The van der Waals surface area contributed by atoms with Crippen molar-refractivity contribution in [3.63, 3.8) is 0 Å². The highest BCUT2D eigenvalue weighted by Crippen LogP contribution is 2.29. The van der Waals surface area contributed by atoms with Crippen LogP contribution in [0, 0.1) is 11.3 Å². The first-order valence-electron chi connectivity index (χ1n) is 9.91. The van der Waals surface area contributed by atoms with Crippen LogP contribution in [0.15, 0.2) is 48.7 Å². The summed E-state index contributed by atoms with van der Waals surface area (Å²) in [6.45, 7) is 1.09. The molecule has 12 heteroatoms. The van der Waals surface area contributed by atoms with Gasteiger partial charge in [0.2, 0.25) is 11.9 Å². The zero-order valence-corrected chi connectivity index (χ0v) is 18.7. The SMILES string of the molecule is CC(=O)Nc1ccccc1Nc1nc(Nc2cc(C(=O)NOCCO)ccc2C#N)ncc1Cl. The van der Waals surface area contributed by atoms with Crippen molar-refractivity contribution in [2.45, 2.75) is 6.92 Å². The summed E-state index contributed by atoms with van der Waals surface area (Å²) in [4.78, 5) is 37.0. The molecular formula is C22H20ClN7O4. The third kappa shape index (κ3) is 6.39. The van der Waals surface area contributed by atoms with Gasteiger partial charge in [0.1, 0.15) is 11.1 Å². The fourth-order valence-corrected chi connectivity index (χ4v) is 2.90. The van der Waals surface area contributed by atoms with Gasteiger partial charge in [-0.1, -0.05) is 23.7 Å². The molecule has 0 saturated carbocycles. The summed E-state index contributed by atoms with van der Waals surface area (Å²) >= 11 is 6.25. The number of nitrogens with one attached hydrogen (secondary N) is 4. The predicted octanol–water partition coefficient (Wildman–Crippen LogP) is 3.10. The molecule has 0 saturated heterocycles. The second kappa shape index (κ2) is 11.6. The average Bonchev–Trinajstić information content (AvgIpc) is 2.82. The number of rotatable bonds is 9. The van der Waals surface area contributed by atoms with Crippen LogP contribution in [-0.2, 0) is 9.63 Å². The number of nitriles is 1. The minimum Gasteiger partial charge on any atom is -0.394 e. The lowest BCUT2D eigenvalue weighted by Gasteiger charge is -2.14. The molecule has 0 unspecified atom stereocenters. The Bertz CT molecular complexity index is 1250. The number of carbonyl (C=O) groups is 2. The van der Waals surface area contributed by atoms with E-state index in [0.29, 0.717) is 11.4 Å². The number of nitrogens with zero attached hydrogens (tertiary/aromatic N) is 3. The topological polar surface area (TPSA) is 161 Å². The van der Waals surface area contributed by atoms with Gasteiger partial charge in [-0.2, -0.15) is 10.2 Å². The van der Waals surface area contributed by atoms with E-state index in [9.17, 15) is 14.9 Å². The normalized spacial score (nSPS) is 10.2. The minimum atomic E-state index is -0.560. The number of aliphatic hydroxyl groups is 1. The Hall–Kier alpha value is -4.24. The number of hydrogen-bond donors (Lipinski definition) is 5. The Morgan fingerprint density at radius 1 is 1.15 bits per heavy atom. The Labute approximate surface area is 199 Å². The van der Waals surface area contributed by atoms with Gasteiger partial charge in [-0.3, -0.25) is 14.4 Å². The summed E-state index contributed by atoms with van der Waals surface area (Å²) < 4.78 is 0. The van der Waals surface area contributed by atoms with Gasteiger partial charge in [0.25, 0.3) is 5.91 Å². The van der Waals surface area contributed by atoms with E-state index >= 15 is 0 Å². The van der Waals surface area contributed by atoms with Crippen LogP contribution >= 0.6 is 11.6 Å². The standard InChI is InChI=1S/C22H20ClN7O4/c1-13(32)26-17-4-2-3-5-18(17)27-20-16(23)12-25-22(29-20)28-19-10-14(6-7-15(19)11-24)21(33)30-34-9-8-31/h2-7,10,12,31H,8-9H2,1H3,(H,26,32)(H,30,33)(H2,25,27,28,29). The van der Waals surface area contributed by atoms with Crippen LogP contribution in [0.4, 0.5) is 28.8 Å². The highest BCUT2D eigenvalue weighted by atomic mass is 35.5. The van der Waals surface area contributed by atoms with Crippen LogP contribution in [0.5, 0.6) is 0 Å². The van der Waals surface area contributed by atoms with E-state index in [-0.39, 0.29) is 52.7 Å². The summed E-state index contributed by atoms with van der Waals surface area (Å²) in [7, 11) is 0. The molecule has 3 rings (SSSR count). The molecule has 2 amide bonds. The number of aromatic nitrogens is 2. The fraction of sp³-hybridized carbons (Fsp3) is 0.136. The zero-order valence-electron chi connectivity index (χ0n) is 17.9. The first-order chi connectivity index (χ1) is 16.4. The van der Waals surface area contributed by atoms with Crippen molar-refractivity contribution in [2.75, 3.05) is 29.2 Å². The number of benzene rings is 2. The second-order valence-electron chi connectivity index (χ2n) is 6.74. The smallest absolute Gasteiger partial charge is 0.274 e. The lowest BCUT2D eigenvalue weighted by Crippen LogP contribution is -2.25. The van der Waals surface area contributed by atoms with Crippen LogP contribution in [-0.4, -0.2) is 40.1 Å². The molecule has 0 fully saturated rings. The molecule has 3 aromatic rings. The molecule has 0 aliphatic rings. The maximum Gasteiger partial charge on any atom is 0.274 e. The number of aliphatic hydroxyl groups excluding tert-OH is 1. The molecule has 34 heavy (non-hydrogen) atoms. The van der Waals surface area contributed by atoms with Gasteiger partial charge < -0.3 is 21.1 Å². The molecular weight excluding hydrogens is 462 g/mol. The quantitative estimate of drug-likeness (QED) is 0.228. The maximum absolute atomic E-state index is 12.2. The second-order valence-corrected chi connectivity index (χ2v) is 7.15. The predicted molar refractivity (Wildman–Crippen MR) is 126 cm³/mol. The number of carbonyl (C=O) groups excluding carboxylic acids is 2. The molecule has 11 nitrogen and oxygen atoms in total. The molecule has 1 heterocycles. The summed E-state index contributed by atoms with van der Waals surface area (Å²) in [5.74, 6) is -0.439. The average molecular weight is 482 g/mol. The Morgan fingerprint density at radius 3 is 2.62 bits per heavy atom. The van der Waals surface area contributed by atoms with E-state index in [2.05, 4.69) is 31.4 Å². The number of anilines is 5. The van der Waals surface area contributed by atoms with Crippen molar-refractivity contribution in [2.24, 2.45) is 0 Å². The molecule has 5 N–H and O–H groups in total.